The smallest absolute Gasteiger partial charge is 0.262 e. The quantitative estimate of drug-likeness (QED) is 0.798. The number of sulfonamides is 1. The summed E-state index contributed by atoms with van der Waals surface area (Å²) in [5.74, 6) is -0.218. The van der Waals surface area contributed by atoms with E-state index in [4.69, 9.17) is 11.6 Å². The standard InChI is InChI=1S/C13H11BrClNO3S/c1-8-2-4-10(5-3-8)20(18,19)16-12-7-9(15)6-11(14)13(12)17/h2-7,16-17H,1H3. The Bertz CT molecular complexity index is 745. The van der Waals surface area contributed by atoms with Gasteiger partial charge in [0.15, 0.2) is 5.75 Å². The number of halogens is 2. The van der Waals surface area contributed by atoms with Crippen LogP contribution in [-0.2, 0) is 10.0 Å². The molecule has 0 saturated carbocycles. The second-order valence-electron chi connectivity index (χ2n) is 4.20. The number of phenols is 1. The Balaban J connectivity index is 2.41. The summed E-state index contributed by atoms with van der Waals surface area (Å²) in [6, 6.07) is 9.20. The van der Waals surface area contributed by atoms with E-state index in [1.54, 1.807) is 12.1 Å². The number of anilines is 1. The minimum Gasteiger partial charge on any atom is -0.505 e. The van der Waals surface area contributed by atoms with Crippen molar-refractivity contribution in [2.75, 3.05) is 4.72 Å². The second-order valence-corrected chi connectivity index (χ2v) is 7.18. The number of aromatic hydroxyl groups is 1. The molecule has 0 fully saturated rings. The van der Waals surface area contributed by atoms with Gasteiger partial charge in [-0.05, 0) is 47.1 Å². The number of hydrogen-bond acceptors (Lipinski definition) is 3. The van der Waals surface area contributed by atoms with Crippen molar-refractivity contribution in [2.45, 2.75) is 11.8 Å². The Hall–Kier alpha value is -1.24. The van der Waals surface area contributed by atoms with Crippen LogP contribution in [-0.4, -0.2) is 13.5 Å². The molecule has 20 heavy (non-hydrogen) atoms. The minimum absolute atomic E-state index is 0.0185. The van der Waals surface area contributed by atoms with Crippen molar-refractivity contribution in [1.29, 1.82) is 0 Å². The van der Waals surface area contributed by atoms with Gasteiger partial charge in [0.2, 0.25) is 0 Å². The zero-order valence-corrected chi connectivity index (χ0v) is 13.6. The van der Waals surface area contributed by atoms with Crippen molar-refractivity contribution in [3.8, 4) is 5.75 Å². The predicted octanol–water partition coefficient (Wildman–Crippen LogP) is 3.92. The highest BCUT2D eigenvalue weighted by Gasteiger charge is 2.17. The van der Waals surface area contributed by atoms with E-state index in [0.717, 1.165) is 5.56 Å². The summed E-state index contributed by atoms with van der Waals surface area (Å²) in [5, 5.41) is 10.1. The first-order chi connectivity index (χ1) is 9.29. The third kappa shape index (κ3) is 3.26. The van der Waals surface area contributed by atoms with Gasteiger partial charge < -0.3 is 5.11 Å². The summed E-state index contributed by atoms with van der Waals surface area (Å²) in [6.07, 6.45) is 0. The topological polar surface area (TPSA) is 66.4 Å². The molecule has 4 nitrogen and oxygen atoms in total. The third-order valence-electron chi connectivity index (χ3n) is 2.60. The lowest BCUT2D eigenvalue weighted by Gasteiger charge is -2.11. The molecule has 0 spiro atoms. The molecule has 2 rings (SSSR count). The molecule has 0 atom stereocenters. The van der Waals surface area contributed by atoms with Crippen molar-refractivity contribution >= 4 is 43.2 Å². The maximum absolute atomic E-state index is 12.2. The normalized spacial score (nSPS) is 11.3. The van der Waals surface area contributed by atoms with E-state index >= 15 is 0 Å². The molecule has 7 heteroatoms. The van der Waals surface area contributed by atoms with Gasteiger partial charge in [0.1, 0.15) is 0 Å². The van der Waals surface area contributed by atoms with Crippen LogP contribution < -0.4 is 4.72 Å². The van der Waals surface area contributed by atoms with Crippen LogP contribution in [0.1, 0.15) is 5.56 Å². The van der Waals surface area contributed by atoms with E-state index in [0.29, 0.717) is 9.50 Å². The van der Waals surface area contributed by atoms with E-state index in [1.165, 1.54) is 24.3 Å². The van der Waals surface area contributed by atoms with E-state index in [1.807, 2.05) is 6.92 Å². The van der Waals surface area contributed by atoms with Crippen LogP contribution in [0.4, 0.5) is 5.69 Å². The molecule has 0 saturated heterocycles. The third-order valence-corrected chi connectivity index (χ3v) is 4.81. The number of aryl methyl sites for hydroxylation is 1. The summed E-state index contributed by atoms with van der Waals surface area (Å²) < 4.78 is 27.0. The van der Waals surface area contributed by atoms with Crippen LogP contribution >= 0.6 is 27.5 Å². The van der Waals surface area contributed by atoms with Gasteiger partial charge in [-0.3, -0.25) is 4.72 Å². The summed E-state index contributed by atoms with van der Waals surface area (Å²) in [5.41, 5.74) is 0.974. The predicted molar refractivity (Wildman–Crippen MR) is 82.8 cm³/mol. The van der Waals surface area contributed by atoms with Crippen molar-refractivity contribution in [3.63, 3.8) is 0 Å². The first kappa shape index (κ1) is 15.2. The van der Waals surface area contributed by atoms with E-state index in [9.17, 15) is 13.5 Å². The lowest BCUT2D eigenvalue weighted by Crippen LogP contribution is -2.13. The Kier molecular flexibility index (Phi) is 4.27. The molecule has 0 heterocycles. The number of phenolic OH excluding ortho intramolecular Hbond substituents is 1. The number of hydrogen-bond donors (Lipinski definition) is 2. The lowest BCUT2D eigenvalue weighted by molar-refractivity contribution is 0.474. The fraction of sp³-hybridized carbons (Fsp3) is 0.0769. The molecule has 2 N–H and O–H groups in total. The molecule has 0 unspecified atom stereocenters. The number of nitrogens with one attached hydrogen (secondary N) is 1. The molecule has 106 valence electrons. The Morgan fingerprint density at radius 3 is 2.40 bits per heavy atom. The first-order valence-electron chi connectivity index (χ1n) is 5.57. The lowest BCUT2D eigenvalue weighted by atomic mass is 10.2. The van der Waals surface area contributed by atoms with Crippen molar-refractivity contribution in [2.24, 2.45) is 0 Å². The average molecular weight is 377 g/mol. The Morgan fingerprint density at radius 2 is 1.80 bits per heavy atom. The number of benzene rings is 2. The van der Waals surface area contributed by atoms with E-state index < -0.39 is 10.0 Å². The van der Waals surface area contributed by atoms with Gasteiger partial charge in [-0.2, -0.15) is 0 Å². The van der Waals surface area contributed by atoms with Crippen molar-refractivity contribution in [1.82, 2.24) is 0 Å². The summed E-state index contributed by atoms with van der Waals surface area (Å²) in [6.45, 7) is 1.86. The molecule has 0 aliphatic heterocycles. The van der Waals surface area contributed by atoms with Crippen LogP contribution in [0, 0.1) is 6.92 Å². The van der Waals surface area contributed by atoms with Crippen LogP contribution in [0.3, 0.4) is 0 Å². The molecule has 2 aromatic carbocycles. The summed E-state index contributed by atoms with van der Waals surface area (Å²) >= 11 is 8.94. The molecule has 0 amide bonds. The molecule has 0 aromatic heterocycles. The first-order valence-corrected chi connectivity index (χ1v) is 8.22. The molecule has 0 aliphatic rings. The van der Waals surface area contributed by atoms with E-state index in [2.05, 4.69) is 20.7 Å². The molecule has 0 aliphatic carbocycles. The van der Waals surface area contributed by atoms with Gasteiger partial charge in [0.05, 0.1) is 15.1 Å². The SMILES string of the molecule is Cc1ccc(S(=O)(=O)Nc2cc(Cl)cc(Br)c2O)cc1. The van der Waals surface area contributed by atoms with Gasteiger partial charge in [-0.15, -0.1) is 0 Å². The van der Waals surface area contributed by atoms with Crippen LogP contribution in [0.15, 0.2) is 45.8 Å². The maximum Gasteiger partial charge on any atom is 0.262 e. The van der Waals surface area contributed by atoms with Gasteiger partial charge in [-0.1, -0.05) is 29.3 Å². The van der Waals surface area contributed by atoms with Gasteiger partial charge >= 0.3 is 0 Å². The summed E-state index contributed by atoms with van der Waals surface area (Å²) in [4.78, 5) is 0.110. The van der Waals surface area contributed by atoms with Gasteiger partial charge in [0.25, 0.3) is 10.0 Å². The molecule has 0 bridgehead atoms. The maximum atomic E-state index is 12.2. The van der Waals surface area contributed by atoms with Gasteiger partial charge in [0, 0.05) is 5.02 Å². The average Bonchev–Trinajstić information content (AvgIpc) is 2.35. The molecular weight excluding hydrogens is 366 g/mol. The number of rotatable bonds is 3. The van der Waals surface area contributed by atoms with Crippen molar-refractivity contribution in [3.05, 3.63) is 51.5 Å². The fourth-order valence-electron chi connectivity index (χ4n) is 1.56. The van der Waals surface area contributed by atoms with Crippen LogP contribution in [0.5, 0.6) is 5.75 Å². The monoisotopic (exact) mass is 375 g/mol. The highest BCUT2D eigenvalue weighted by atomic mass is 79.9. The zero-order valence-electron chi connectivity index (χ0n) is 10.4. The van der Waals surface area contributed by atoms with Crippen LogP contribution in [0.25, 0.3) is 0 Å². The highest BCUT2D eigenvalue weighted by Crippen LogP contribution is 2.36. The summed E-state index contributed by atoms with van der Waals surface area (Å²) in [7, 11) is -3.78. The Morgan fingerprint density at radius 1 is 1.20 bits per heavy atom. The van der Waals surface area contributed by atoms with Gasteiger partial charge in [-0.25, -0.2) is 8.42 Å². The minimum atomic E-state index is -3.78. The highest BCUT2D eigenvalue weighted by molar-refractivity contribution is 9.10. The van der Waals surface area contributed by atoms with Crippen LogP contribution in [0.2, 0.25) is 5.02 Å². The zero-order chi connectivity index (χ0) is 14.9. The second kappa shape index (κ2) is 5.63. The Labute approximate surface area is 130 Å². The molecule has 0 radical (unpaired) electrons. The van der Waals surface area contributed by atoms with Crippen molar-refractivity contribution < 1.29 is 13.5 Å². The largest absolute Gasteiger partial charge is 0.505 e. The fourth-order valence-corrected chi connectivity index (χ4v) is 3.43. The molecular formula is C13H11BrClNO3S. The van der Waals surface area contributed by atoms with E-state index in [-0.39, 0.29) is 16.3 Å². The molecule has 2 aromatic rings.